The van der Waals surface area contributed by atoms with Crippen molar-refractivity contribution in [2.75, 3.05) is 0 Å². The minimum Gasteiger partial charge on any atom is -0.225 e. The molecule has 0 aliphatic rings. The molecule has 108 valence electrons. The molecule has 2 N–H and O–H groups in total. The maximum Gasteiger partial charge on any atom is 0.417 e. The number of sulfonamides is 1. The van der Waals surface area contributed by atoms with E-state index in [9.17, 15) is 34.8 Å². The van der Waals surface area contributed by atoms with Crippen LogP contribution >= 0.6 is 0 Å². The van der Waals surface area contributed by atoms with Crippen LogP contribution < -0.4 is 5.14 Å². The van der Waals surface area contributed by atoms with Crippen molar-refractivity contribution in [3.63, 3.8) is 0 Å². The van der Waals surface area contributed by atoms with E-state index < -0.39 is 44.0 Å². The van der Waals surface area contributed by atoms with Gasteiger partial charge < -0.3 is 0 Å². The number of alkyl halides is 6. The van der Waals surface area contributed by atoms with Crippen LogP contribution in [0.5, 0.6) is 0 Å². The Bertz CT molecular complexity index is 602. The number of hydrogen-bond donors (Lipinski definition) is 1. The summed E-state index contributed by atoms with van der Waals surface area (Å²) in [7, 11) is -4.54. The molecule has 0 bridgehead atoms. The minimum absolute atomic E-state index is 0.120. The summed E-state index contributed by atoms with van der Waals surface area (Å²) in [6, 6.07) is 0.332. The fourth-order valence-corrected chi connectivity index (χ4v) is 2.14. The number of aryl methyl sites for hydroxylation is 1. The van der Waals surface area contributed by atoms with Gasteiger partial charge >= 0.3 is 12.4 Å². The molecule has 0 saturated carbocycles. The van der Waals surface area contributed by atoms with Gasteiger partial charge in [-0.2, -0.15) is 26.3 Å². The normalized spacial score (nSPS) is 13.7. The monoisotopic (exact) mass is 307 g/mol. The molecule has 0 radical (unpaired) electrons. The number of primary sulfonamides is 1. The van der Waals surface area contributed by atoms with Gasteiger partial charge in [-0.15, -0.1) is 0 Å². The predicted molar refractivity (Wildman–Crippen MR) is 52.6 cm³/mol. The van der Waals surface area contributed by atoms with Gasteiger partial charge in [0, 0.05) is 0 Å². The van der Waals surface area contributed by atoms with E-state index in [1.54, 1.807) is 0 Å². The summed E-state index contributed by atoms with van der Waals surface area (Å²) in [5.74, 6) is 0. The van der Waals surface area contributed by atoms with Gasteiger partial charge in [0.1, 0.15) is 0 Å². The van der Waals surface area contributed by atoms with Crippen molar-refractivity contribution in [3.8, 4) is 0 Å². The van der Waals surface area contributed by atoms with Crippen molar-refractivity contribution in [2.24, 2.45) is 5.14 Å². The Hall–Kier alpha value is -1.29. The second kappa shape index (κ2) is 4.37. The molecular weight excluding hydrogens is 300 g/mol. The Balaban J connectivity index is 3.78. The van der Waals surface area contributed by atoms with E-state index >= 15 is 0 Å². The SMILES string of the molecule is Cc1cc(S(N)(=O)=O)cc(C(F)(F)F)c1C(F)(F)F. The number of hydrogen-bond acceptors (Lipinski definition) is 2. The average molecular weight is 307 g/mol. The molecule has 0 heterocycles. The molecule has 1 rings (SSSR count). The van der Waals surface area contributed by atoms with Crippen molar-refractivity contribution in [3.05, 3.63) is 28.8 Å². The van der Waals surface area contributed by atoms with E-state index in [0.29, 0.717) is 6.07 Å². The molecule has 0 spiro atoms. The second-order valence-electron chi connectivity index (χ2n) is 3.70. The van der Waals surface area contributed by atoms with Crippen LogP contribution in [0.4, 0.5) is 26.3 Å². The van der Waals surface area contributed by atoms with Crippen molar-refractivity contribution < 1.29 is 34.8 Å². The summed E-state index contributed by atoms with van der Waals surface area (Å²) < 4.78 is 97.4. The molecule has 3 nitrogen and oxygen atoms in total. The van der Waals surface area contributed by atoms with Gasteiger partial charge in [-0.05, 0) is 24.6 Å². The Morgan fingerprint density at radius 1 is 1.00 bits per heavy atom. The van der Waals surface area contributed by atoms with Gasteiger partial charge in [-0.1, -0.05) is 0 Å². The highest BCUT2D eigenvalue weighted by Gasteiger charge is 2.44. The highest BCUT2D eigenvalue weighted by molar-refractivity contribution is 7.89. The zero-order valence-corrected chi connectivity index (χ0v) is 10.0. The van der Waals surface area contributed by atoms with Crippen LogP contribution in [0.2, 0.25) is 0 Å². The van der Waals surface area contributed by atoms with Gasteiger partial charge in [0.2, 0.25) is 10.0 Å². The first-order valence-electron chi connectivity index (χ1n) is 4.56. The van der Waals surface area contributed by atoms with Gasteiger partial charge in [0.05, 0.1) is 16.0 Å². The molecule has 0 aliphatic heterocycles. The fraction of sp³-hybridized carbons (Fsp3) is 0.333. The lowest BCUT2D eigenvalue weighted by molar-refractivity contribution is -0.162. The highest BCUT2D eigenvalue weighted by atomic mass is 32.2. The van der Waals surface area contributed by atoms with Crippen LogP contribution in [-0.2, 0) is 22.4 Å². The average Bonchev–Trinajstić information content (AvgIpc) is 2.11. The molecule has 0 unspecified atom stereocenters. The number of halogens is 6. The standard InChI is InChI=1S/C9H7F6NO2S/c1-4-2-5(19(16,17)18)3-6(8(10,11)12)7(4)9(13,14)15/h2-3H,1H3,(H2,16,17,18). The van der Waals surface area contributed by atoms with Crippen molar-refractivity contribution >= 4 is 10.0 Å². The van der Waals surface area contributed by atoms with Crippen LogP contribution in [-0.4, -0.2) is 8.42 Å². The molecule has 0 fully saturated rings. The topological polar surface area (TPSA) is 60.2 Å². The Morgan fingerprint density at radius 2 is 1.47 bits per heavy atom. The predicted octanol–water partition coefficient (Wildman–Crippen LogP) is 2.68. The molecule has 19 heavy (non-hydrogen) atoms. The maximum absolute atomic E-state index is 12.6. The molecule has 0 amide bonds. The van der Waals surface area contributed by atoms with E-state index in [0.717, 1.165) is 6.92 Å². The van der Waals surface area contributed by atoms with Crippen molar-refractivity contribution in [2.45, 2.75) is 24.2 Å². The van der Waals surface area contributed by atoms with Gasteiger partial charge in [0.25, 0.3) is 0 Å². The first-order chi connectivity index (χ1) is 8.24. The van der Waals surface area contributed by atoms with Crippen molar-refractivity contribution in [1.29, 1.82) is 0 Å². The summed E-state index contributed by atoms with van der Waals surface area (Å²) in [5.41, 5.74) is -4.87. The van der Waals surface area contributed by atoms with E-state index in [1.165, 1.54) is 0 Å². The highest BCUT2D eigenvalue weighted by Crippen LogP contribution is 2.42. The smallest absolute Gasteiger partial charge is 0.225 e. The molecule has 0 atom stereocenters. The molecule has 10 heteroatoms. The van der Waals surface area contributed by atoms with Gasteiger partial charge in [-0.3, -0.25) is 0 Å². The molecular formula is C9H7F6NO2S. The van der Waals surface area contributed by atoms with E-state index in [4.69, 9.17) is 0 Å². The second-order valence-corrected chi connectivity index (χ2v) is 5.26. The Labute approximate surface area is 104 Å². The Morgan fingerprint density at radius 3 is 1.79 bits per heavy atom. The summed E-state index contributed by atoms with van der Waals surface area (Å²) in [5, 5.41) is 4.62. The summed E-state index contributed by atoms with van der Waals surface area (Å²) in [4.78, 5) is -1.02. The largest absolute Gasteiger partial charge is 0.417 e. The van der Waals surface area contributed by atoms with Crippen LogP contribution in [0.1, 0.15) is 16.7 Å². The molecule has 1 aromatic rings. The molecule has 0 saturated heterocycles. The van der Waals surface area contributed by atoms with Crippen LogP contribution in [0.15, 0.2) is 17.0 Å². The number of rotatable bonds is 1. The third-order valence-corrected chi connectivity index (χ3v) is 3.12. The Kier molecular flexibility index (Phi) is 3.63. The van der Waals surface area contributed by atoms with E-state index in [1.807, 2.05) is 0 Å². The van der Waals surface area contributed by atoms with Gasteiger partial charge in [0.15, 0.2) is 0 Å². The molecule has 0 aliphatic carbocycles. The first-order valence-corrected chi connectivity index (χ1v) is 6.11. The lowest BCUT2D eigenvalue weighted by Gasteiger charge is -2.18. The van der Waals surface area contributed by atoms with Crippen molar-refractivity contribution in [1.82, 2.24) is 0 Å². The lowest BCUT2D eigenvalue weighted by Crippen LogP contribution is -2.21. The molecule has 0 aromatic heterocycles. The summed E-state index contributed by atoms with van der Waals surface area (Å²) in [6.07, 6.45) is -10.6. The molecule has 1 aromatic carbocycles. The summed E-state index contributed by atoms with van der Waals surface area (Å²) >= 11 is 0. The summed E-state index contributed by atoms with van der Waals surface area (Å²) in [6.45, 7) is 0.729. The number of benzene rings is 1. The quantitative estimate of drug-likeness (QED) is 0.811. The maximum atomic E-state index is 12.6. The third-order valence-electron chi connectivity index (χ3n) is 2.23. The van der Waals surface area contributed by atoms with Crippen LogP contribution in [0, 0.1) is 6.92 Å². The zero-order chi connectivity index (χ0) is 15.2. The van der Waals surface area contributed by atoms with Crippen LogP contribution in [0.3, 0.4) is 0 Å². The van der Waals surface area contributed by atoms with Gasteiger partial charge in [-0.25, -0.2) is 13.6 Å². The van der Waals surface area contributed by atoms with E-state index in [2.05, 4.69) is 5.14 Å². The fourth-order valence-electron chi connectivity index (χ4n) is 1.52. The van der Waals surface area contributed by atoms with E-state index in [-0.39, 0.29) is 6.07 Å². The zero-order valence-electron chi connectivity index (χ0n) is 9.22. The number of nitrogens with two attached hydrogens (primary N) is 1. The lowest BCUT2D eigenvalue weighted by atomic mass is 10.0. The third kappa shape index (κ3) is 3.38. The minimum atomic E-state index is -5.35. The van der Waals surface area contributed by atoms with Crippen LogP contribution in [0.25, 0.3) is 0 Å². The first kappa shape index (κ1) is 15.8.